The number of morpholine rings is 1. The number of carbonyl (C=O) groups is 1. The number of carbonyl (C=O) groups excluding carboxylic acids is 1. The Morgan fingerprint density at radius 2 is 2.21 bits per heavy atom. The zero-order valence-corrected chi connectivity index (χ0v) is 13.9. The first kappa shape index (κ1) is 16.7. The SMILES string of the molecule is Cc1cc(CNC(=O)CC2CN(Cc3ccccc3)CCO2)no1. The van der Waals surface area contributed by atoms with Crippen LogP contribution in [0.25, 0.3) is 0 Å². The van der Waals surface area contributed by atoms with E-state index in [1.807, 2.05) is 31.2 Å². The Bertz CT molecular complexity index is 657. The lowest BCUT2D eigenvalue weighted by Gasteiger charge is -2.32. The molecule has 1 fully saturated rings. The predicted molar refractivity (Wildman–Crippen MR) is 89.2 cm³/mol. The number of rotatable bonds is 6. The Hall–Kier alpha value is -2.18. The summed E-state index contributed by atoms with van der Waals surface area (Å²) >= 11 is 0. The Kier molecular flexibility index (Phi) is 5.61. The Morgan fingerprint density at radius 1 is 1.38 bits per heavy atom. The van der Waals surface area contributed by atoms with E-state index in [0.717, 1.165) is 31.1 Å². The van der Waals surface area contributed by atoms with Crippen LogP contribution < -0.4 is 5.32 Å². The van der Waals surface area contributed by atoms with Gasteiger partial charge < -0.3 is 14.6 Å². The van der Waals surface area contributed by atoms with E-state index < -0.39 is 0 Å². The molecule has 24 heavy (non-hydrogen) atoms. The lowest BCUT2D eigenvalue weighted by Crippen LogP contribution is -2.44. The second kappa shape index (κ2) is 8.08. The maximum absolute atomic E-state index is 12.1. The summed E-state index contributed by atoms with van der Waals surface area (Å²) in [5.41, 5.74) is 2.01. The largest absolute Gasteiger partial charge is 0.375 e. The summed E-state index contributed by atoms with van der Waals surface area (Å²) < 4.78 is 10.7. The molecule has 0 bridgehead atoms. The van der Waals surface area contributed by atoms with Gasteiger partial charge in [-0.15, -0.1) is 0 Å². The fourth-order valence-electron chi connectivity index (χ4n) is 2.86. The van der Waals surface area contributed by atoms with Crippen LogP contribution in [0.1, 0.15) is 23.4 Å². The van der Waals surface area contributed by atoms with E-state index in [1.165, 1.54) is 5.56 Å². The van der Waals surface area contributed by atoms with E-state index in [2.05, 4.69) is 27.5 Å². The quantitative estimate of drug-likeness (QED) is 0.876. The second-order valence-corrected chi connectivity index (χ2v) is 6.12. The van der Waals surface area contributed by atoms with Gasteiger partial charge in [-0.05, 0) is 12.5 Å². The maximum atomic E-state index is 12.1. The number of ether oxygens (including phenoxy) is 1. The molecule has 2 aromatic rings. The van der Waals surface area contributed by atoms with Gasteiger partial charge in [-0.25, -0.2) is 0 Å². The van der Waals surface area contributed by atoms with Gasteiger partial charge in [0.25, 0.3) is 0 Å². The van der Waals surface area contributed by atoms with Gasteiger partial charge in [0.05, 0.1) is 25.7 Å². The zero-order chi connectivity index (χ0) is 16.8. The molecule has 0 saturated carbocycles. The predicted octanol–water partition coefficient (Wildman–Crippen LogP) is 1.89. The average molecular weight is 329 g/mol. The summed E-state index contributed by atoms with van der Waals surface area (Å²) in [5, 5.41) is 6.73. The third kappa shape index (κ3) is 4.91. The van der Waals surface area contributed by atoms with Gasteiger partial charge >= 0.3 is 0 Å². The van der Waals surface area contributed by atoms with Crippen molar-refractivity contribution in [1.82, 2.24) is 15.4 Å². The van der Waals surface area contributed by atoms with Crippen LogP contribution in [0.3, 0.4) is 0 Å². The van der Waals surface area contributed by atoms with Gasteiger partial charge in [0.2, 0.25) is 5.91 Å². The Labute approximate surface area is 141 Å². The molecule has 1 unspecified atom stereocenters. The molecule has 1 aliphatic rings. The number of nitrogens with zero attached hydrogens (tertiary/aromatic N) is 2. The van der Waals surface area contributed by atoms with Crippen LogP contribution in [-0.4, -0.2) is 41.8 Å². The van der Waals surface area contributed by atoms with Crippen LogP contribution in [-0.2, 0) is 22.6 Å². The minimum absolute atomic E-state index is 0.0257. The molecule has 1 saturated heterocycles. The summed E-state index contributed by atoms with van der Waals surface area (Å²) in [5.74, 6) is 0.716. The molecule has 0 aliphatic carbocycles. The molecule has 1 atom stereocenters. The highest BCUT2D eigenvalue weighted by Crippen LogP contribution is 2.12. The van der Waals surface area contributed by atoms with Crippen molar-refractivity contribution in [1.29, 1.82) is 0 Å². The van der Waals surface area contributed by atoms with Crippen molar-refractivity contribution in [2.45, 2.75) is 32.5 Å². The fraction of sp³-hybridized carbons (Fsp3) is 0.444. The first-order valence-electron chi connectivity index (χ1n) is 8.26. The van der Waals surface area contributed by atoms with E-state index in [9.17, 15) is 4.79 Å². The van der Waals surface area contributed by atoms with Gasteiger partial charge in [0.1, 0.15) is 11.5 Å². The van der Waals surface area contributed by atoms with Gasteiger partial charge in [-0.2, -0.15) is 0 Å². The molecule has 128 valence electrons. The van der Waals surface area contributed by atoms with Crippen LogP contribution in [0.4, 0.5) is 0 Å². The minimum Gasteiger partial charge on any atom is -0.375 e. The van der Waals surface area contributed by atoms with Crippen LogP contribution in [0.2, 0.25) is 0 Å². The number of nitrogens with one attached hydrogen (secondary N) is 1. The standard InChI is InChI=1S/C18H23N3O3/c1-14-9-16(20-24-14)11-19-18(22)10-17-13-21(7-8-23-17)12-15-5-3-2-4-6-15/h2-6,9,17H,7-8,10-13H2,1H3,(H,19,22). The monoisotopic (exact) mass is 329 g/mol. The van der Waals surface area contributed by atoms with Crippen molar-refractivity contribution >= 4 is 5.91 Å². The van der Waals surface area contributed by atoms with E-state index in [1.54, 1.807) is 0 Å². The van der Waals surface area contributed by atoms with Crippen LogP contribution in [0.15, 0.2) is 40.9 Å². The highest BCUT2D eigenvalue weighted by molar-refractivity contribution is 5.76. The van der Waals surface area contributed by atoms with Crippen molar-refractivity contribution in [2.24, 2.45) is 0 Å². The first-order chi connectivity index (χ1) is 11.7. The third-order valence-corrected chi connectivity index (χ3v) is 4.03. The van der Waals surface area contributed by atoms with Gasteiger partial charge in [-0.1, -0.05) is 35.5 Å². The molecule has 1 aromatic heterocycles. The number of hydrogen-bond acceptors (Lipinski definition) is 5. The summed E-state index contributed by atoms with van der Waals surface area (Å²) in [4.78, 5) is 14.4. The summed E-state index contributed by atoms with van der Waals surface area (Å²) in [6, 6.07) is 12.2. The van der Waals surface area contributed by atoms with Crippen LogP contribution >= 0.6 is 0 Å². The summed E-state index contributed by atoms with van der Waals surface area (Å²) in [6.45, 7) is 5.43. The fourth-order valence-corrected chi connectivity index (χ4v) is 2.86. The third-order valence-electron chi connectivity index (χ3n) is 4.03. The van der Waals surface area contributed by atoms with Crippen LogP contribution in [0, 0.1) is 6.92 Å². The molecule has 1 amide bonds. The van der Waals surface area contributed by atoms with E-state index in [-0.39, 0.29) is 12.0 Å². The molecule has 6 heteroatoms. The number of aryl methyl sites for hydroxylation is 1. The van der Waals surface area contributed by atoms with Gasteiger partial charge in [0.15, 0.2) is 0 Å². The average Bonchev–Trinajstić information content (AvgIpc) is 3.00. The highest BCUT2D eigenvalue weighted by atomic mass is 16.5. The van der Waals surface area contributed by atoms with Crippen molar-refractivity contribution in [2.75, 3.05) is 19.7 Å². The zero-order valence-electron chi connectivity index (χ0n) is 13.9. The first-order valence-corrected chi connectivity index (χ1v) is 8.26. The van der Waals surface area contributed by atoms with Crippen molar-refractivity contribution < 1.29 is 14.1 Å². The molecular formula is C18H23N3O3. The molecule has 2 heterocycles. The number of aromatic nitrogens is 1. The molecular weight excluding hydrogens is 306 g/mol. The molecule has 0 radical (unpaired) electrons. The van der Waals surface area contributed by atoms with E-state index >= 15 is 0 Å². The number of hydrogen-bond donors (Lipinski definition) is 1. The summed E-state index contributed by atoms with van der Waals surface area (Å²) in [7, 11) is 0. The smallest absolute Gasteiger partial charge is 0.222 e. The Balaban J connectivity index is 1.43. The molecule has 6 nitrogen and oxygen atoms in total. The number of amides is 1. The molecule has 1 aliphatic heterocycles. The molecule has 1 N–H and O–H groups in total. The summed E-state index contributed by atoms with van der Waals surface area (Å²) in [6.07, 6.45) is 0.295. The van der Waals surface area contributed by atoms with Crippen molar-refractivity contribution in [3.63, 3.8) is 0 Å². The maximum Gasteiger partial charge on any atom is 0.222 e. The molecule has 1 aromatic carbocycles. The topological polar surface area (TPSA) is 67.6 Å². The Morgan fingerprint density at radius 3 is 2.96 bits per heavy atom. The van der Waals surface area contributed by atoms with Crippen molar-refractivity contribution in [3.8, 4) is 0 Å². The molecule has 0 spiro atoms. The van der Waals surface area contributed by atoms with Crippen LogP contribution in [0.5, 0.6) is 0 Å². The van der Waals surface area contributed by atoms with Crippen molar-refractivity contribution in [3.05, 3.63) is 53.4 Å². The minimum atomic E-state index is -0.0680. The lowest BCUT2D eigenvalue weighted by molar-refractivity contribution is -0.126. The lowest BCUT2D eigenvalue weighted by atomic mass is 10.1. The molecule has 3 rings (SSSR count). The highest BCUT2D eigenvalue weighted by Gasteiger charge is 2.23. The van der Waals surface area contributed by atoms with Gasteiger partial charge in [0, 0.05) is 25.7 Å². The van der Waals surface area contributed by atoms with Gasteiger partial charge in [-0.3, -0.25) is 9.69 Å². The number of benzene rings is 1. The van der Waals surface area contributed by atoms with E-state index in [0.29, 0.717) is 19.6 Å². The second-order valence-electron chi connectivity index (χ2n) is 6.12. The van der Waals surface area contributed by atoms with E-state index in [4.69, 9.17) is 9.26 Å². The normalized spacial score (nSPS) is 18.5.